The molecule has 5 rings (SSSR count). The molecule has 7 nitrogen and oxygen atoms in total. The Morgan fingerprint density at radius 2 is 1.65 bits per heavy atom. The van der Waals surface area contributed by atoms with Crippen molar-refractivity contribution in [3.63, 3.8) is 0 Å². The Morgan fingerprint density at radius 3 is 2.35 bits per heavy atom. The summed E-state index contributed by atoms with van der Waals surface area (Å²) in [6.07, 6.45) is 6.16. The van der Waals surface area contributed by atoms with Crippen LogP contribution in [0.5, 0.6) is 11.5 Å². The van der Waals surface area contributed by atoms with Crippen molar-refractivity contribution in [1.29, 1.82) is 0 Å². The van der Waals surface area contributed by atoms with Crippen LogP contribution in [0.3, 0.4) is 0 Å². The molecule has 7 heteroatoms. The minimum atomic E-state index is 0.661. The third-order valence-corrected chi connectivity index (χ3v) is 5.95. The van der Waals surface area contributed by atoms with Gasteiger partial charge in [-0.25, -0.2) is 4.98 Å². The van der Waals surface area contributed by atoms with E-state index in [1.807, 2.05) is 67.8 Å². The van der Waals surface area contributed by atoms with E-state index in [4.69, 9.17) is 14.5 Å². The second-order valence-electron chi connectivity index (χ2n) is 8.47. The van der Waals surface area contributed by atoms with Gasteiger partial charge in [0.2, 0.25) is 0 Å². The molecule has 0 saturated carbocycles. The van der Waals surface area contributed by atoms with Gasteiger partial charge in [-0.1, -0.05) is 30.0 Å². The summed E-state index contributed by atoms with van der Waals surface area (Å²) in [6.45, 7) is 0.664. The number of ether oxygens (including phenoxy) is 2. The fraction of sp³-hybridized carbons (Fsp3) is 0.167. The molecule has 3 aromatic carbocycles. The van der Waals surface area contributed by atoms with Gasteiger partial charge in [-0.3, -0.25) is 9.67 Å². The molecule has 5 aromatic rings. The van der Waals surface area contributed by atoms with Crippen molar-refractivity contribution in [3.05, 3.63) is 90.9 Å². The SMILES string of the molecule is COc1cc(OC)cc(N(CCC#Cc2ccccc2)c2ccc3ncc(-c4cnn(C)c4)nc3c2)c1. The highest BCUT2D eigenvalue weighted by Gasteiger charge is 2.14. The molecule has 0 aliphatic rings. The number of rotatable bonds is 7. The van der Waals surface area contributed by atoms with Gasteiger partial charge in [-0.15, -0.1) is 0 Å². The van der Waals surface area contributed by atoms with E-state index < -0.39 is 0 Å². The standard InChI is InChI=1S/C30H27N5O2/c1-34-21-23(19-32-34)30-20-31-28-13-12-24(17-29(28)33-30)35(14-8-7-11-22-9-5-4-6-10-22)25-15-26(36-2)18-27(16-25)37-3/h4-6,9-10,12-13,15-21H,8,14H2,1-3H3. The molecule has 0 radical (unpaired) electrons. The number of nitrogens with zero attached hydrogens (tertiary/aromatic N) is 5. The second-order valence-corrected chi connectivity index (χ2v) is 8.47. The molecule has 0 amide bonds. The van der Waals surface area contributed by atoms with Gasteiger partial charge in [0, 0.05) is 66.9 Å². The van der Waals surface area contributed by atoms with Crippen molar-refractivity contribution in [3.8, 4) is 34.6 Å². The second kappa shape index (κ2) is 10.8. The van der Waals surface area contributed by atoms with Crippen LogP contribution in [0.15, 0.2) is 85.3 Å². The molecule has 0 aliphatic carbocycles. The van der Waals surface area contributed by atoms with Crippen molar-refractivity contribution < 1.29 is 9.47 Å². The quantitative estimate of drug-likeness (QED) is 0.276. The summed E-state index contributed by atoms with van der Waals surface area (Å²) in [6, 6.07) is 22.0. The molecule has 184 valence electrons. The zero-order chi connectivity index (χ0) is 25.6. The molecular formula is C30H27N5O2. The number of hydrogen-bond acceptors (Lipinski definition) is 6. The van der Waals surface area contributed by atoms with Gasteiger partial charge >= 0.3 is 0 Å². The van der Waals surface area contributed by atoms with Crippen molar-refractivity contribution in [2.24, 2.45) is 7.05 Å². The maximum absolute atomic E-state index is 5.54. The normalized spacial score (nSPS) is 10.6. The summed E-state index contributed by atoms with van der Waals surface area (Å²) in [5.41, 5.74) is 6.24. The first-order valence-electron chi connectivity index (χ1n) is 11.9. The van der Waals surface area contributed by atoms with E-state index in [1.165, 1.54) is 0 Å². The van der Waals surface area contributed by atoms with Gasteiger partial charge < -0.3 is 14.4 Å². The molecule has 0 spiro atoms. The predicted octanol–water partition coefficient (Wildman–Crippen LogP) is 5.63. The van der Waals surface area contributed by atoms with Gasteiger partial charge in [0.15, 0.2) is 0 Å². The average molecular weight is 490 g/mol. The smallest absolute Gasteiger partial charge is 0.124 e. The summed E-state index contributed by atoms with van der Waals surface area (Å²) < 4.78 is 12.8. The van der Waals surface area contributed by atoms with E-state index in [1.54, 1.807) is 31.3 Å². The van der Waals surface area contributed by atoms with Crippen LogP contribution in [-0.4, -0.2) is 40.5 Å². The van der Waals surface area contributed by atoms with Crippen LogP contribution in [0.1, 0.15) is 12.0 Å². The molecule has 0 atom stereocenters. The molecule has 37 heavy (non-hydrogen) atoms. The van der Waals surface area contributed by atoms with Crippen LogP contribution < -0.4 is 14.4 Å². The monoisotopic (exact) mass is 489 g/mol. The molecule has 0 bridgehead atoms. The molecule has 2 heterocycles. The highest BCUT2D eigenvalue weighted by atomic mass is 16.5. The first-order chi connectivity index (χ1) is 18.1. The minimum absolute atomic E-state index is 0.661. The lowest BCUT2D eigenvalue weighted by atomic mass is 10.1. The minimum Gasteiger partial charge on any atom is -0.497 e. The maximum Gasteiger partial charge on any atom is 0.124 e. The van der Waals surface area contributed by atoms with Gasteiger partial charge in [0.05, 0.1) is 43.3 Å². The predicted molar refractivity (Wildman–Crippen MR) is 146 cm³/mol. The fourth-order valence-electron chi connectivity index (χ4n) is 4.07. The number of aromatic nitrogens is 4. The average Bonchev–Trinajstić information content (AvgIpc) is 3.39. The Hall–Kier alpha value is -4.83. The van der Waals surface area contributed by atoms with E-state index in [2.05, 4.69) is 39.0 Å². The lowest BCUT2D eigenvalue weighted by Gasteiger charge is -2.25. The van der Waals surface area contributed by atoms with E-state index in [9.17, 15) is 0 Å². The fourth-order valence-corrected chi connectivity index (χ4v) is 4.07. The van der Waals surface area contributed by atoms with E-state index in [0.717, 1.165) is 39.2 Å². The number of aryl methyl sites for hydroxylation is 1. The van der Waals surface area contributed by atoms with Crippen molar-refractivity contribution in [2.75, 3.05) is 25.7 Å². The molecule has 0 aliphatic heterocycles. The largest absolute Gasteiger partial charge is 0.497 e. The van der Waals surface area contributed by atoms with Gasteiger partial charge in [0.1, 0.15) is 11.5 Å². The summed E-state index contributed by atoms with van der Waals surface area (Å²) in [5, 5.41) is 4.26. The van der Waals surface area contributed by atoms with E-state index in [-0.39, 0.29) is 0 Å². The molecule has 0 unspecified atom stereocenters. The third-order valence-electron chi connectivity index (χ3n) is 5.95. The van der Waals surface area contributed by atoms with E-state index in [0.29, 0.717) is 24.5 Å². The number of anilines is 2. The Labute approximate surface area is 216 Å². The first-order valence-corrected chi connectivity index (χ1v) is 11.9. The molecule has 0 fully saturated rings. The lowest BCUT2D eigenvalue weighted by Crippen LogP contribution is -2.18. The van der Waals surface area contributed by atoms with E-state index >= 15 is 0 Å². The Kier molecular flexibility index (Phi) is 7.00. The Bertz CT molecular complexity index is 1560. The first kappa shape index (κ1) is 23.9. The zero-order valence-corrected chi connectivity index (χ0v) is 21.0. The van der Waals surface area contributed by atoms with Crippen LogP contribution in [0.2, 0.25) is 0 Å². The maximum atomic E-state index is 5.54. The van der Waals surface area contributed by atoms with Crippen molar-refractivity contribution >= 4 is 22.4 Å². The third kappa shape index (κ3) is 5.54. The summed E-state index contributed by atoms with van der Waals surface area (Å²) in [5.74, 6) is 7.99. The van der Waals surface area contributed by atoms with Crippen LogP contribution >= 0.6 is 0 Å². The molecule has 0 N–H and O–H groups in total. The topological polar surface area (TPSA) is 65.3 Å². The molecular weight excluding hydrogens is 462 g/mol. The Morgan fingerprint density at radius 1 is 0.865 bits per heavy atom. The number of hydrogen-bond donors (Lipinski definition) is 0. The zero-order valence-electron chi connectivity index (χ0n) is 21.0. The number of fused-ring (bicyclic) bond motifs is 1. The summed E-state index contributed by atoms with van der Waals surface area (Å²) >= 11 is 0. The molecule has 0 saturated heterocycles. The number of benzene rings is 3. The lowest BCUT2D eigenvalue weighted by molar-refractivity contribution is 0.394. The summed E-state index contributed by atoms with van der Waals surface area (Å²) in [7, 11) is 5.19. The molecule has 2 aromatic heterocycles. The van der Waals surface area contributed by atoms with Crippen molar-refractivity contribution in [1.82, 2.24) is 19.7 Å². The van der Waals surface area contributed by atoms with Crippen LogP contribution in [0, 0.1) is 11.8 Å². The Balaban J connectivity index is 1.52. The number of methoxy groups -OCH3 is 2. The van der Waals surface area contributed by atoms with Gasteiger partial charge in [0.25, 0.3) is 0 Å². The van der Waals surface area contributed by atoms with Crippen molar-refractivity contribution in [2.45, 2.75) is 6.42 Å². The van der Waals surface area contributed by atoms with Crippen LogP contribution in [-0.2, 0) is 7.05 Å². The van der Waals surface area contributed by atoms with Crippen LogP contribution in [0.25, 0.3) is 22.3 Å². The van der Waals surface area contributed by atoms with Crippen LogP contribution in [0.4, 0.5) is 11.4 Å². The van der Waals surface area contributed by atoms with Gasteiger partial charge in [-0.2, -0.15) is 5.10 Å². The summed E-state index contributed by atoms with van der Waals surface area (Å²) in [4.78, 5) is 11.7. The highest BCUT2D eigenvalue weighted by molar-refractivity contribution is 5.82. The van der Waals surface area contributed by atoms with Gasteiger partial charge in [-0.05, 0) is 30.3 Å². The highest BCUT2D eigenvalue weighted by Crippen LogP contribution is 2.34.